The van der Waals surface area contributed by atoms with Crippen LogP contribution in [0.15, 0.2) is 42.6 Å². The molecule has 2 heterocycles. The van der Waals surface area contributed by atoms with E-state index in [4.69, 9.17) is 4.74 Å². The number of nitrogens with zero attached hydrogens (tertiary/aromatic N) is 4. The number of benzene rings is 1. The smallest absolute Gasteiger partial charge is 0.254 e. The van der Waals surface area contributed by atoms with Crippen molar-refractivity contribution in [2.24, 2.45) is 0 Å². The lowest BCUT2D eigenvalue weighted by molar-refractivity contribution is 0.0746. The van der Waals surface area contributed by atoms with Gasteiger partial charge in [-0.05, 0) is 49.2 Å². The number of pyridine rings is 1. The van der Waals surface area contributed by atoms with Gasteiger partial charge in [-0.3, -0.25) is 4.79 Å². The summed E-state index contributed by atoms with van der Waals surface area (Å²) in [6.07, 6.45) is 3.88. The topological polar surface area (TPSA) is 48.9 Å². The third-order valence-corrected chi connectivity index (χ3v) is 5.31. The average molecular weight is 397 g/mol. The van der Waals surface area contributed by atoms with E-state index >= 15 is 0 Å². The highest BCUT2D eigenvalue weighted by atomic mass is 16.5. The molecule has 1 aromatic heterocycles. The Morgan fingerprint density at radius 3 is 2.28 bits per heavy atom. The number of carbonyl (C=O) groups is 1. The highest BCUT2D eigenvalue weighted by Gasteiger charge is 2.23. The molecule has 1 saturated heterocycles. The minimum atomic E-state index is 0.0935. The van der Waals surface area contributed by atoms with Gasteiger partial charge in [0.05, 0.1) is 7.11 Å². The van der Waals surface area contributed by atoms with Crippen molar-refractivity contribution in [3.63, 3.8) is 0 Å². The van der Waals surface area contributed by atoms with Gasteiger partial charge < -0.3 is 19.4 Å². The van der Waals surface area contributed by atoms with E-state index in [-0.39, 0.29) is 5.91 Å². The van der Waals surface area contributed by atoms with E-state index in [9.17, 15) is 4.79 Å². The van der Waals surface area contributed by atoms with Crippen LogP contribution in [0.4, 0.5) is 11.5 Å². The molecule has 0 N–H and O–H groups in total. The van der Waals surface area contributed by atoms with Crippen LogP contribution in [0.3, 0.4) is 0 Å². The molecular weight excluding hydrogens is 364 g/mol. The van der Waals surface area contributed by atoms with Crippen molar-refractivity contribution in [2.75, 3.05) is 56.2 Å². The number of ether oxygens (including phenoxy) is 1. The van der Waals surface area contributed by atoms with Crippen molar-refractivity contribution < 1.29 is 9.53 Å². The second kappa shape index (κ2) is 10.1. The van der Waals surface area contributed by atoms with Gasteiger partial charge in [-0.25, -0.2) is 4.98 Å². The first-order valence-corrected chi connectivity index (χ1v) is 10.6. The van der Waals surface area contributed by atoms with E-state index in [0.717, 1.165) is 69.2 Å². The summed E-state index contributed by atoms with van der Waals surface area (Å²) in [5.41, 5.74) is 1.89. The molecule has 1 amide bonds. The number of hydrogen-bond acceptors (Lipinski definition) is 5. The maximum absolute atomic E-state index is 13.1. The number of methoxy groups -OCH3 is 1. The number of aromatic nitrogens is 1. The Balaban J connectivity index is 1.63. The van der Waals surface area contributed by atoms with Crippen molar-refractivity contribution >= 4 is 17.4 Å². The molecular formula is C23H32N4O2. The first kappa shape index (κ1) is 21.0. The lowest BCUT2D eigenvalue weighted by atomic mass is 10.2. The van der Waals surface area contributed by atoms with E-state index in [0.29, 0.717) is 0 Å². The van der Waals surface area contributed by atoms with E-state index in [2.05, 4.69) is 40.8 Å². The third-order valence-electron chi connectivity index (χ3n) is 5.31. The van der Waals surface area contributed by atoms with Crippen LogP contribution in [0.2, 0.25) is 0 Å². The summed E-state index contributed by atoms with van der Waals surface area (Å²) >= 11 is 0. The van der Waals surface area contributed by atoms with E-state index < -0.39 is 0 Å². The van der Waals surface area contributed by atoms with Crippen LogP contribution in [-0.4, -0.2) is 62.2 Å². The molecule has 1 aromatic carbocycles. The van der Waals surface area contributed by atoms with Crippen molar-refractivity contribution in [2.45, 2.75) is 26.7 Å². The SMILES string of the molecule is CCCN(CCC)c1cc(C(=O)N2CCN(c3ccc(OC)cc3)CC2)ccn1. The Kier molecular flexibility index (Phi) is 7.33. The molecule has 0 aliphatic carbocycles. The van der Waals surface area contributed by atoms with Gasteiger partial charge in [0.2, 0.25) is 0 Å². The lowest BCUT2D eigenvalue weighted by Crippen LogP contribution is -2.48. The molecule has 0 bridgehead atoms. The van der Waals surface area contributed by atoms with Gasteiger partial charge in [0.1, 0.15) is 11.6 Å². The zero-order valence-corrected chi connectivity index (χ0v) is 17.8. The fourth-order valence-corrected chi connectivity index (χ4v) is 3.75. The molecule has 6 nitrogen and oxygen atoms in total. The Bertz CT molecular complexity index is 780. The number of hydrogen-bond donors (Lipinski definition) is 0. The summed E-state index contributed by atoms with van der Waals surface area (Å²) in [5.74, 6) is 1.85. The van der Waals surface area contributed by atoms with E-state index in [1.807, 2.05) is 29.2 Å². The fraction of sp³-hybridized carbons (Fsp3) is 0.478. The Morgan fingerprint density at radius 2 is 1.69 bits per heavy atom. The first-order chi connectivity index (χ1) is 14.2. The van der Waals surface area contributed by atoms with Crippen LogP contribution in [-0.2, 0) is 0 Å². The van der Waals surface area contributed by atoms with E-state index in [1.165, 1.54) is 5.69 Å². The molecule has 156 valence electrons. The summed E-state index contributed by atoms with van der Waals surface area (Å²) < 4.78 is 5.23. The zero-order chi connectivity index (χ0) is 20.6. The molecule has 6 heteroatoms. The predicted octanol–water partition coefficient (Wildman–Crippen LogP) is 3.68. The largest absolute Gasteiger partial charge is 0.497 e. The molecule has 0 unspecified atom stereocenters. The molecule has 1 aliphatic rings. The van der Waals surface area contributed by atoms with Crippen molar-refractivity contribution in [3.05, 3.63) is 48.2 Å². The zero-order valence-electron chi connectivity index (χ0n) is 17.8. The van der Waals surface area contributed by atoms with E-state index in [1.54, 1.807) is 13.3 Å². The van der Waals surface area contributed by atoms with Crippen LogP contribution >= 0.6 is 0 Å². The predicted molar refractivity (Wildman–Crippen MR) is 118 cm³/mol. The van der Waals surface area contributed by atoms with Gasteiger partial charge in [0, 0.05) is 56.7 Å². The normalized spacial score (nSPS) is 14.0. The Hall–Kier alpha value is -2.76. The molecule has 2 aromatic rings. The van der Waals surface area contributed by atoms with Gasteiger partial charge in [0.15, 0.2) is 0 Å². The summed E-state index contributed by atoms with van der Waals surface area (Å²) in [4.78, 5) is 24.1. The van der Waals surface area contributed by atoms with Crippen LogP contribution in [0, 0.1) is 0 Å². The summed E-state index contributed by atoms with van der Waals surface area (Å²) in [6.45, 7) is 9.34. The minimum Gasteiger partial charge on any atom is -0.497 e. The Labute approximate surface area is 174 Å². The van der Waals surface area contributed by atoms with Gasteiger partial charge in [0.25, 0.3) is 5.91 Å². The number of rotatable bonds is 8. The maximum Gasteiger partial charge on any atom is 0.254 e. The molecule has 0 spiro atoms. The van der Waals surface area contributed by atoms with Crippen molar-refractivity contribution in [1.82, 2.24) is 9.88 Å². The van der Waals surface area contributed by atoms with Gasteiger partial charge in [-0.1, -0.05) is 13.8 Å². The highest BCUT2D eigenvalue weighted by molar-refractivity contribution is 5.95. The quantitative estimate of drug-likeness (QED) is 0.681. The summed E-state index contributed by atoms with van der Waals surface area (Å²) in [7, 11) is 1.67. The molecule has 0 atom stereocenters. The number of amides is 1. The molecule has 0 saturated carbocycles. The molecule has 1 aliphatic heterocycles. The molecule has 29 heavy (non-hydrogen) atoms. The lowest BCUT2D eigenvalue weighted by Gasteiger charge is -2.36. The van der Waals surface area contributed by atoms with Crippen LogP contribution < -0.4 is 14.5 Å². The van der Waals surface area contributed by atoms with Crippen LogP contribution in [0.5, 0.6) is 5.75 Å². The fourth-order valence-electron chi connectivity index (χ4n) is 3.75. The summed E-state index contributed by atoms with van der Waals surface area (Å²) in [6, 6.07) is 11.9. The first-order valence-electron chi connectivity index (χ1n) is 10.6. The molecule has 0 radical (unpaired) electrons. The maximum atomic E-state index is 13.1. The number of piperazine rings is 1. The second-order valence-electron chi connectivity index (χ2n) is 7.37. The standard InChI is InChI=1S/C23H32N4O2/c1-4-12-26(13-5-2)22-18-19(10-11-24-22)23(28)27-16-14-25(15-17-27)20-6-8-21(29-3)9-7-20/h6-11,18H,4-5,12-17H2,1-3H3. The van der Waals surface area contributed by atoms with Gasteiger partial charge in [-0.15, -0.1) is 0 Å². The van der Waals surface area contributed by atoms with Crippen molar-refractivity contribution in [1.29, 1.82) is 0 Å². The van der Waals surface area contributed by atoms with Gasteiger partial charge >= 0.3 is 0 Å². The van der Waals surface area contributed by atoms with Crippen LogP contribution in [0.1, 0.15) is 37.0 Å². The molecule has 3 rings (SSSR count). The number of anilines is 2. The van der Waals surface area contributed by atoms with Crippen molar-refractivity contribution in [3.8, 4) is 5.75 Å². The minimum absolute atomic E-state index is 0.0935. The number of carbonyl (C=O) groups excluding carboxylic acids is 1. The third kappa shape index (κ3) is 5.19. The molecule has 1 fully saturated rings. The average Bonchev–Trinajstić information content (AvgIpc) is 2.79. The van der Waals surface area contributed by atoms with Crippen LogP contribution in [0.25, 0.3) is 0 Å². The highest BCUT2D eigenvalue weighted by Crippen LogP contribution is 2.21. The Morgan fingerprint density at radius 1 is 1.03 bits per heavy atom. The van der Waals surface area contributed by atoms with Gasteiger partial charge in [-0.2, -0.15) is 0 Å². The monoisotopic (exact) mass is 396 g/mol. The second-order valence-corrected chi connectivity index (χ2v) is 7.37. The summed E-state index contributed by atoms with van der Waals surface area (Å²) in [5, 5.41) is 0.